The summed E-state index contributed by atoms with van der Waals surface area (Å²) in [4.78, 5) is 19.0. The van der Waals surface area contributed by atoms with E-state index in [4.69, 9.17) is 12.2 Å². The molecule has 1 amide bonds. The smallest absolute Gasteiger partial charge is 0.236 e. The van der Waals surface area contributed by atoms with Crippen LogP contribution >= 0.6 is 12.2 Å². The predicted molar refractivity (Wildman–Crippen MR) is 90.5 cm³/mol. The molecule has 0 aromatic carbocycles. The minimum absolute atomic E-state index is 0.296. The molecule has 1 aromatic rings. The van der Waals surface area contributed by atoms with Crippen molar-refractivity contribution in [2.75, 3.05) is 45.8 Å². The third-order valence-electron chi connectivity index (χ3n) is 4.75. The molecule has 0 unspecified atom stereocenters. The van der Waals surface area contributed by atoms with Crippen LogP contribution < -0.4 is 0 Å². The highest BCUT2D eigenvalue weighted by atomic mass is 32.1. The standard InChI is InChI=1S/C15H26N6OS/c1-17-12-16-21(15(17)23)13-19-9-7-18(8-10-19)11-14(22)20-5-3-2-4-6-20/h12H,2-11,13H2,1H3. The van der Waals surface area contributed by atoms with Crippen molar-refractivity contribution in [1.29, 1.82) is 0 Å². The van der Waals surface area contributed by atoms with Gasteiger partial charge in [0.15, 0.2) is 4.77 Å². The number of amides is 1. The van der Waals surface area contributed by atoms with Crippen LogP contribution in [-0.4, -0.2) is 80.8 Å². The van der Waals surface area contributed by atoms with Gasteiger partial charge in [-0.15, -0.1) is 0 Å². The van der Waals surface area contributed by atoms with Crippen LogP contribution in [0.4, 0.5) is 0 Å². The van der Waals surface area contributed by atoms with Gasteiger partial charge in [-0.1, -0.05) is 0 Å². The van der Waals surface area contributed by atoms with E-state index < -0.39 is 0 Å². The second kappa shape index (κ2) is 7.55. The predicted octanol–water partition coefficient (Wildman–Crippen LogP) is 0.539. The fourth-order valence-corrected chi connectivity index (χ4v) is 3.38. The number of aromatic nitrogens is 3. The number of hydrogen-bond donors (Lipinski definition) is 0. The van der Waals surface area contributed by atoms with Crippen molar-refractivity contribution in [2.24, 2.45) is 7.05 Å². The Morgan fingerprint density at radius 1 is 1.09 bits per heavy atom. The normalized spacial score (nSPS) is 20.8. The second-order valence-corrected chi connectivity index (χ2v) is 6.87. The highest BCUT2D eigenvalue weighted by Gasteiger charge is 2.23. The minimum atomic E-state index is 0.296. The number of carbonyl (C=O) groups is 1. The van der Waals surface area contributed by atoms with E-state index in [1.54, 1.807) is 6.33 Å². The summed E-state index contributed by atoms with van der Waals surface area (Å²) in [5, 5.41) is 4.30. The van der Waals surface area contributed by atoms with E-state index in [1.807, 2.05) is 21.2 Å². The highest BCUT2D eigenvalue weighted by molar-refractivity contribution is 7.71. The Kier molecular flexibility index (Phi) is 5.45. The third-order valence-corrected chi connectivity index (χ3v) is 5.25. The number of aryl methyl sites for hydroxylation is 1. The number of hydrogen-bond acceptors (Lipinski definition) is 5. The average Bonchev–Trinajstić information content (AvgIpc) is 2.89. The van der Waals surface area contributed by atoms with Crippen LogP contribution in [0.2, 0.25) is 0 Å². The monoisotopic (exact) mass is 338 g/mol. The number of rotatable bonds is 4. The van der Waals surface area contributed by atoms with Crippen LogP contribution in [0.3, 0.4) is 0 Å². The van der Waals surface area contributed by atoms with Crippen LogP contribution in [0, 0.1) is 4.77 Å². The summed E-state index contributed by atoms with van der Waals surface area (Å²) in [6.07, 6.45) is 5.32. The summed E-state index contributed by atoms with van der Waals surface area (Å²) in [7, 11) is 1.91. The topological polar surface area (TPSA) is 49.5 Å². The van der Waals surface area contributed by atoms with Crippen molar-refractivity contribution in [3.63, 3.8) is 0 Å². The molecular weight excluding hydrogens is 312 g/mol. The zero-order valence-corrected chi connectivity index (χ0v) is 14.7. The van der Waals surface area contributed by atoms with E-state index in [1.165, 1.54) is 6.42 Å². The molecule has 3 heterocycles. The Morgan fingerprint density at radius 2 is 1.74 bits per heavy atom. The van der Waals surface area contributed by atoms with Gasteiger partial charge in [-0.05, 0) is 31.5 Å². The summed E-state index contributed by atoms with van der Waals surface area (Å²) in [6, 6.07) is 0. The molecule has 0 bridgehead atoms. The lowest BCUT2D eigenvalue weighted by atomic mass is 10.1. The number of likely N-dealkylation sites (tertiary alicyclic amines) is 1. The van der Waals surface area contributed by atoms with Crippen molar-refractivity contribution in [3.8, 4) is 0 Å². The van der Waals surface area contributed by atoms with Crippen molar-refractivity contribution < 1.29 is 4.79 Å². The van der Waals surface area contributed by atoms with Gasteiger partial charge in [-0.3, -0.25) is 14.6 Å². The molecule has 2 fully saturated rings. The maximum absolute atomic E-state index is 12.3. The molecule has 2 aliphatic rings. The molecule has 3 rings (SSSR count). The van der Waals surface area contributed by atoms with E-state index in [0.717, 1.165) is 63.5 Å². The fraction of sp³-hybridized carbons (Fsp3) is 0.800. The van der Waals surface area contributed by atoms with Gasteiger partial charge in [0.2, 0.25) is 5.91 Å². The molecular formula is C15H26N6OS. The SMILES string of the molecule is Cn1cnn(CN2CCN(CC(=O)N3CCCCC3)CC2)c1=S. The first kappa shape index (κ1) is 16.6. The largest absolute Gasteiger partial charge is 0.342 e. The molecule has 1 aromatic heterocycles. The molecule has 23 heavy (non-hydrogen) atoms. The second-order valence-electron chi connectivity index (χ2n) is 6.50. The lowest BCUT2D eigenvalue weighted by Crippen LogP contribution is -2.50. The van der Waals surface area contributed by atoms with Crippen molar-refractivity contribution in [1.82, 2.24) is 29.0 Å². The summed E-state index contributed by atoms with van der Waals surface area (Å²) in [6.45, 7) is 6.94. The summed E-state index contributed by atoms with van der Waals surface area (Å²) >= 11 is 5.32. The zero-order valence-electron chi connectivity index (χ0n) is 13.9. The van der Waals surface area contributed by atoms with Gasteiger partial charge in [0.25, 0.3) is 0 Å². The van der Waals surface area contributed by atoms with Crippen molar-refractivity contribution >= 4 is 18.1 Å². The van der Waals surface area contributed by atoms with Crippen LogP contribution in [0.5, 0.6) is 0 Å². The summed E-state index contributed by atoms with van der Waals surface area (Å²) in [5.74, 6) is 0.296. The number of carbonyl (C=O) groups excluding carboxylic acids is 1. The van der Waals surface area contributed by atoms with Gasteiger partial charge in [-0.2, -0.15) is 5.10 Å². The van der Waals surface area contributed by atoms with Crippen molar-refractivity contribution in [3.05, 3.63) is 11.1 Å². The van der Waals surface area contributed by atoms with Crippen LogP contribution in [-0.2, 0) is 18.5 Å². The first-order chi connectivity index (χ1) is 11.1. The average molecular weight is 338 g/mol. The van der Waals surface area contributed by atoms with Gasteiger partial charge < -0.3 is 9.47 Å². The summed E-state index contributed by atoms with van der Waals surface area (Å²) < 4.78 is 4.44. The van der Waals surface area contributed by atoms with Crippen LogP contribution in [0.1, 0.15) is 19.3 Å². The van der Waals surface area contributed by atoms with Gasteiger partial charge in [0.1, 0.15) is 6.33 Å². The maximum atomic E-state index is 12.3. The number of nitrogens with zero attached hydrogens (tertiary/aromatic N) is 6. The highest BCUT2D eigenvalue weighted by Crippen LogP contribution is 2.10. The molecule has 0 saturated carbocycles. The minimum Gasteiger partial charge on any atom is -0.342 e. The molecule has 128 valence electrons. The first-order valence-electron chi connectivity index (χ1n) is 8.44. The lowest BCUT2D eigenvalue weighted by Gasteiger charge is -2.35. The lowest BCUT2D eigenvalue weighted by molar-refractivity contribution is -0.133. The molecule has 0 aliphatic carbocycles. The quantitative estimate of drug-likeness (QED) is 0.750. The van der Waals surface area contributed by atoms with Crippen LogP contribution in [0.15, 0.2) is 6.33 Å². The van der Waals surface area contributed by atoms with Gasteiger partial charge in [0, 0.05) is 46.3 Å². The number of piperazine rings is 1. The Hall–Kier alpha value is -1.25. The van der Waals surface area contributed by atoms with E-state index in [0.29, 0.717) is 12.5 Å². The number of piperidine rings is 1. The zero-order chi connectivity index (χ0) is 16.2. The molecule has 2 aliphatic heterocycles. The Bertz CT molecular complexity index is 583. The molecule has 0 radical (unpaired) electrons. The third kappa shape index (κ3) is 4.19. The molecule has 8 heteroatoms. The summed E-state index contributed by atoms with van der Waals surface area (Å²) in [5.41, 5.74) is 0. The first-order valence-corrected chi connectivity index (χ1v) is 8.85. The van der Waals surface area contributed by atoms with E-state index in [9.17, 15) is 4.79 Å². The molecule has 0 atom stereocenters. The van der Waals surface area contributed by atoms with Gasteiger partial charge in [0.05, 0.1) is 13.2 Å². The van der Waals surface area contributed by atoms with Gasteiger partial charge >= 0.3 is 0 Å². The molecule has 7 nitrogen and oxygen atoms in total. The van der Waals surface area contributed by atoms with E-state index in [-0.39, 0.29) is 0 Å². The maximum Gasteiger partial charge on any atom is 0.236 e. The van der Waals surface area contributed by atoms with Gasteiger partial charge in [-0.25, -0.2) is 4.68 Å². The van der Waals surface area contributed by atoms with E-state index in [2.05, 4.69) is 14.9 Å². The Balaban J connectivity index is 1.44. The van der Waals surface area contributed by atoms with Crippen LogP contribution in [0.25, 0.3) is 0 Å². The molecule has 0 N–H and O–H groups in total. The molecule has 0 spiro atoms. The Labute approximate surface area is 142 Å². The molecule has 2 saturated heterocycles. The van der Waals surface area contributed by atoms with Crippen molar-refractivity contribution in [2.45, 2.75) is 25.9 Å². The Morgan fingerprint density at radius 3 is 2.35 bits per heavy atom. The van der Waals surface area contributed by atoms with E-state index >= 15 is 0 Å². The fourth-order valence-electron chi connectivity index (χ4n) is 3.23.